The molecule has 0 spiro atoms. The van der Waals surface area contributed by atoms with Gasteiger partial charge in [-0.05, 0) is 68.4 Å². The van der Waals surface area contributed by atoms with Gasteiger partial charge in [0.25, 0.3) is 0 Å². The molecule has 0 saturated heterocycles. The van der Waals surface area contributed by atoms with Crippen molar-refractivity contribution in [3.8, 4) is 28.2 Å². The Bertz CT molecular complexity index is 3390. The zero-order valence-corrected chi connectivity index (χ0v) is 28.7. The number of aromatic nitrogens is 3. The Hall–Kier alpha value is -6.62. The number of hydrogen-bond donors (Lipinski definition) is 0. The molecule has 240 valence electrons. The molecule has 12 rings (SSSR count). The Labute approximate surface area is 302 Å². The van der Waals surface area contributed by atoms with Gasteiger partial charge in [-0.3, -0.25) is 4.57 Å². The molecule has 0 aliphatic rings. The molecule has 0 aliphatic heterocycles. The Kier molecular flexibility index (Phi) is 5.65. The third kappa shape index (κ3) is 3.79. The van der Waals surface area contributed by atoms with Crippen molar-refractivity contribution in [3.05, 3.63) is 164 Å². The van der Waals surface area contributed by atoms with Crippen LogP contribution in [0.5, 0.6) is 0 Å². The zero-order valence-electron chi connectivity index (χ0n) is 27.8. The number of thiophene rings is 1. The molecular weight excluding hydrogens is 651 g/mol. The van der Waals surface area contributed by atoms with E-state index < -0.39 is 0 Å². The van der Waals surface area contributed by atoms with Gasteiger partial charge in [-0.1, -0.05) is 133 Å². The molecule has 0 N–H and O–H groups in total. The van der Waals surface area contributed by atoms with Crippen molar-refractivity contribution in [1.82, 2.24) is 14.5 Å². The molecule has 9 aromatic carbocycles. The van der Waals surface area contributed by atoms with Crippen LogP contribution in [-0.4, -0.2) is 14.5 Å². The molecule has 4 heteroatoms. The summed E-state index contributed by atoms with van der Waals surface area (Å²) in [6.45, 7) is 0. The lowest BCUT2D eigenvalue weighted by molar-refractivity contribution is 1.08. The summed E-state index contributed by atoms with van der Waals surface area (Å²) in [6.07, 6.45) is 0. The van der Waals surface area contributed by atoms with Crippen LogP contribution in [0.1, 0.15) is 0 Å². The largest absolute Gasteiger partial charge is 0.292 e. The second kappa shape index (κ2) is 10.5. The Balaban J connectivity index is 1.27. The van der Waals surface area contributed by atoms with Crippen molar-refractivity contribution in [1.29, 1.82) is 0 Å². The summed E-state index contributed by atoms with van der Waals surface area (Å²) in [5, 5.41) is 12.5. The van der Waals surface area contributed by atoms with Gasteiger partial charge in [-0.2, -0.15) is 0 Å². The first kappa shape index (κ1) is 28.1. The molecule has 52 heavy (non-hydrogen) atoms. The Morgan fingerprint density at radius 3 is 1.85 bits per heavy atom. The topological polar surface area (TPSA) is 30.7 Å². The lowest BCUT2D eigenvalue weighted by atomic mass is 9.95. The highest BCUT2D eigenvalue weighted by molar-refractivity contribution is 7.26. The normalized spacial score (nSPS) is 12.2. The second-order valence-corrected chi connectivity index (χ2v) is 14.8. The molecule has 3 aromatic heterocycles. The average molecular weight is 678 g/mol. The SMILES string of the molecule is c1ccc(-c2ccc(-c3nc4ccc5ccccc5c4nc3-n3c4cccc5c6ccccc6c6cccc7sc8ccc3c(c8c76)c54)cc2)cc1. The molecule has 0 bridgehead atoms. The molecule has 0 radical (unpaired) electrons. The fraction of sp³-hybridized carbons (Fsp3) is 0. The summed E-state index contributed by atoms with van der Waals surface area (Å²) in [5.41, 5.74) is 8.31. The molecular formula is C48H27N3S. The van der Waals surface area contributed by atoms with E-state index in [9.17, 15) is 0 Å². The minimum Gasteiger partial charge on any atom is -0.292 e. The van der Waals surface area contributed by atoms with E-state index in [1.807, 2.05) is 11.3 Å². The van der Waals surface area contributed by atoms with Crippen molar-refractivity contribution in [2.75, 3.05) is 0 Å². The van der Waals surface area contributed by atoms with Crippen molar-refractivity contribution >= 4 is 96.7 Å². The fourth-order valence-electron chi connectivity index (χ4n) is 8.67. The van der Waals surface area contributed by atoms with E-state index in [-0.39, 0.29) is 0 Å². The summed E-state index contributed by atoms with van der Waals surface area (Å²) >= 11 is 1.88. The van der Waals surface area contributed by atoms with E-state index >= 15 is 0 Å². The summed E-state index contributed by atoms with van der Waals surface area (Å²) in [4.78, 5) is 11.1. The molecule has 3 heterocycles. The monoisotopic (exact) mass is 677 g/mol. The van der Waals surface area contributed by atoms with E-state index in [1.54, 1.807) is 0 Å². The summed E-state index contributed by atoms with van der Waals surface area (Å²) in [7, 11) is 0. The Morgan fingerprint density at radius 2 is 1.02 bits per heavy atom. The molecule has 3 nitrogen and oxygen atoms in total. The molecule has 0 atom stereocenters. The van der Waals surface area contributed by atoms with Crippen LogP contribution >= 0.6 is 11.3 Å². The summed E-state index contributed by atoms with van der Waals surface area (Å²) in [5.74, 6) is 0.833. The van der Waals surface area contributed by atoms with E-state index in [0.717, 1.165) is 49.9 Å². The van der Waals surface area contributed by atoms with Crippen LogP contribution in [0.3, 0.4) is 0 Å². The first-order valence-corrected chi connectivity index (χ1v) is 18.5. The molecule has 0 fully saturated rings. The van der Waals surface area contributed by atoms with Crippen LogP contribution in [0.4, 0.5) is 0 Å². The van der Waals surface area contributed by atoms with Crippen molar-refractivity contribution < 1.29 is 0 Å². The summed E-state index contributed by atoms with van der Waals surface area (Å²) < 4.78 is 5.00. The van der Waals surface area contributed by atoms with Crippen LogP contribution in [0.15, 0.2) is 164 Å². The number of hydrogen-bond acceptors (Lipinski definition) is 3. The molecule has 0 unspecified atom stereocenters. The molecule has 0 saturated carbocycles. The third-order valence-electron chi connectivity index (χ3n) is 10.9. The highest BCUT2D eigenvalue weighted by Crippen LogP contribution is 2.49. The molecule has 0 aliphatic carbocycles. The summed E-state index contributed by atoms with van der Waals surface area (Å²) in [6, 6.07) is 59.2. The van der Waals surface area contributed by atoms with E-state index in [1.165, 1.54) is 63.6 Å². The highest BCUT2D eigenvalue weighted by Gasteiger charge is 2.25. The number of nitrogens with zero attached hydrogens (tertiary/aromatic N) is 3. The van der Waals surface area contributed by atoms with Gasteiger partial charge in [-0.15, -0.1) is 11.3 Å². The van der Waals surface area contributed by atoms with E-state index in [2.05, 4.69) is 168 Å². The van der Waals surface area contributed by atoms with Crippen LogP contribution < -0.4 is 0 Å². The quantitative estimate of drug-likeness (QED) is 0.174. The maximum atomic E-state index is 5.65. The van der Waals surface area contributed by atoms with Crippen molar-refractivity contribution in [2.45, 2.75) is 0 Å². The smallest absolute Gasteiger partial charge is 0.165 e. The minimum absolute atomic E-state index is 0.833. The van der Waals surface area contributed by atoms with Gasteiger partial charge < -0.3 is 0 Å². The van der Waals surface area contributed by atoms with Gasteiger partial charge in [-0.25, -0.2) is 9.97 Å². The number of fused-ring (bicyclic) bond motifs is 6. The van der Waals surface area contributed by atoms with Gasteiger partial charge in [0, 0.05) is 41.9 Å². The lowest BCUT2D eigenvalue weighted by Crippen LogP contribution is -2.04. The predicted molar refractivity (Wildman–Crippen MR) is 221 cm³/mol. The van der Waals surface area contributed by atoms with Gasteiger partial charge in [0.05, 0.1) is 22.1 Å². The van der Waals surface area contributed by atoms with Gasteiger partial charge in [0.1, 0.15) is 5.69 Å². The minimum atomic E-state index is 0.833. The second-order valence-electron chi connectivity index (χ2n) is 13.7. The van der Waals surface area contributed by atoms with Crippen LogP contribution in [-0.2, 0) is 0 Å². The first-order valence-electron chi connectivity index (χ1n) is 17.7. The Morgan fingerprint density at radius 1 is 0.385 bits per heavy atom. The van der Waals surface area contributed by atoms with Crippen LogP contribution in [0, 0.1) is 0 Å². The van der Waals surface area contributed by atoms with E-state index in [4.69, 9.17) is 9.97 Å². The third-order valence-corrected chi connectivity index (χ3v) is 12.1. The lowest BCUT2D eigenvalue weighted by Gasteiger charge is -2.15. The van der Waals surface area contributed by atoms with Crippen LogP contribution in [0.2, 0.25) is 0 Å². The van der Waals surface area contributed by atoms with Gasteiger partial charge in [0.2, 0.25) is 0 Å². The highest BCUT2D eigenvalue weighted by atomic mass is 32.1. The maximum absolute atomic E-state index is 5.65. The van der Waals surface area contributed by atoms with Gasteiger partial charge in [0.15, 0.2) is 5.82 Å². The fourth-order valence-corrected chi connectivity index (χ4v) is 9.81. The maximum Gasteiger partial charge on any atom is 0.165 e. The molecule has 12 aromatic rings. The molecule has 0 amide bonds. The van der Waals surface area contributed by atoms with Crippen molar-refractivity contribution in [3.63, 3.8) is 0 Å². The first-order chi connectivity index (χ1) is 25.8. The predicted octanol–water partition coefficient (Wildman–Crippen LogP) is 13.3. The number of rotatable bonds is 3. The standard InChI is InChI=1S/C48H27N3S/c1-2-10-28(11-3-1)29-20-22-31(23-21-29)46-48(50-47-32-13-5-4-12-30(32)24-25-37(47)49-46)51-38-18-8-16-35-33-14-6-7-15-34(33)36-17-9-19-40-43(36)45-41(52-40)27-26-39(51)44(45)42(35)38/h1-27H. The number of benzene rings is 8. The van der Waals surface area contributed by atoms with E-state index in [0.29, 0.717) is 0 Å². The van der Waals surface area contributed by atoms with Crippen molar-refractivity contribution in [2.24, 2.45) is 0 Å². The van der Waals surface area contributed by atoms with Gasteiger partial charge >= 0.3 is 0 Å². The average Bonchev–Trinajstić information content (AvgIpc) is 3.76. The zero-order chi connectivity index (χ0) is 33.9. The van der Waals surface area contributed by atoms with Crippen LogP contribution in [0.25, 0.3) is 114 Å².